The minimum Gasteiger partial charge on any atom is -0.496 e. The number of benzene rings is 1. The van der Waals surface area contributed by atoms with E-state index in [0.717, 1.165) is 30.4 Å². The number of rotatable bonds is 6. The highest BCUT2D eigenvalue weighted by Crippen LogP contribution is 2.26. The number of ether oxygens (including phenoxy) is 1. The van der Waals surface area contributed by atoms with Gasteiger partial charge >= 0.3 is 0 Å². The van der Waals surface area contributed by atoms with Gasteiger partial charge in [-0.25, -0.2) is 0 Å². The molecule has 0 aromatic heterocycles. The molecule has 2 aliphatic rings. The van der Waals surface area contributed by atoms with Crippen molar-refractivity contribution in [3.63, 3.8) is 0 Å². The smallest absolute Gasteiger partial charge is 0.290 e. The molecule has 0 aliphatic carbocycles. The zero-order chi connectivity index (χ0) is 20.2. The Labute approximate surface area is 172 Å². The zero-order valence-corrected chi connectivity index (χ0v) is 17.5. The van der Waals surface area contributed by atoms with E-state index in [1.807, 2.05) is 24.3 Å². The van der Waals surface area contributed by atoms with Gasteiger partial charge in [-0.05, 0) is 55.7 Å². The van der Waals surface area contributed by atoms with Crippen molar-refractivity contribution in [3.05, 3.63) is 29.8 Å². The lowest BCUT2D eigenvalue weighted by Crippen LogP contribution is -2.46. The molecular formula is C21H32N2O4S. The molecule has 1 atom stereocenters. The summed E-state index contributed by atoms with van der Waals surface area (Å²) in [7, 11) is 1.65. The topological polar surface area (TPSA) is 78.9 Å². The molecule has 2 saturated heterocycles. The summed E-state index contributed by atoms with van der Waals surface area (Å²) in [6.07, 6.45) is 5.54. The Kier molecular flexibility index (Phi) is 10.2. The fourth-order valence-corrected chi connectivity index (χ4v) is 5.07. The Morgan fingerprint density at radius 1 is 1.32 bits per heavy atom. The number of para-hydroxylation sites is 1. The largest absolute Gasteiger partial charge is 0.496 e. The zero-order valence-electron chi connectivity index (χ0n) is 16.6. The van der Waals surface area contributed by atoms with Crippen LogP contribution in [0.1, 0.15) is 31.2 Å². The van der Waals surface area contributed by atoms with Crippen LogP contribution < -0.4 is 10.1 Å². The van der Waals surface area contributed by atoms with E-state index in [0.29, 0.717) is 12.3 Å². The van der Waals surface area contributed by atoms with E-state index in [2.05, 4.69) is 22.0 Å². The van der Waals surface area contributed by atoms with Crippen LogP contribution in [0.5, 0.6) is 5.75 Å². The normalized spacial score (nSPS) is 20.5. The molecule has 2 fully saturated rings. The number of carbonyl (C=O) groups excluding carboxylic acids is 1. The van der Waals surface area contributed by atoms with Gasteiger partial charge in [0.25, 0.3) is 6.47 Å². The van der Waals surface area contributed by atoms with Gasteiger partial charge in [0.1, 0.15) is 5.75 Å². The fraction of sp³-hybridized carbons (Fsp3) is 0.619. The van der Waals surface area contributed by atoms with Crippen LogP contribution in [0.3, 0.4) is 0 Å². The number of amides is 1. The average molecular weight is 409 g/mol. The first-order valence-electron chi connectivity index (χ1n) is 9.96. The lowest BCUT2D eigenvalue weighted by atomic mass is 9.95. The lowest BCUT2D eigenvalue weighted by molar-refractivity contribution is -0.123. The molecule has 1 unspecified atom stereocenters. The second-order valence-corrected chi connectivity index (χ2v) is 8.47. The minimum atomic E-state index is -0.250. The first-order valence-corrected chi connectivity index (χ1v) is 11.1. The fourth-order valence-electron chi connectivity index (χ4n) is 3.99. The summed E-state index contributed by atoms with van der Waals surface area (Å²) in [5, 5.41) is 10.0. The van der Waals surface area contributed by atoms with Gasteiger partial charge < -0.3 is 15.2 Å². The first-order chi connectivity index (χ1) is 13.7. The molecule has 1 aromatic rings. The molecule has 0 radical (unpaired) electrons. The summed E-state index contributed by atoms with van der Waals surface area (Å²) in [5.74, 6) is 4.08. The predicted molar refractivity (Wildman–Crippen MR) is 113 cm³/mol. The van der Waals surface area contributed by atoms with E-state index in [1.165, 1.54) is 43.7 Å². The number of carboxylic acid groups (broad SMARTS) is 1. The van der Waals surface area contributed by atoms with Crippen LogP contribution in [0.2, 0.25) is 0 Å². The molecule has 3 rings (SSSR count). The van der Waals surface area contributed by atoms with Crippen molar-refractivity contribution in [1.29, 1.82) is 0 Å². The molecule has 0 saturated carbocycles. The molecule has 1 amide bonds. The average Bonchev–Trinajstić information content (AvgIpc) is 2.74. The highest BCUT2D eigenvalue weighted by molar-refractivity contribution is 7.99. The van der Waals surface area contributed by atoms with Crippen LogP contribution in [-0.2, 0) is 16.0 Å². The molecule has 7 heteroatoms. The number of piperidine rings is 1. The lowest BCUT2D eigenvalue weighted by Gasteiger charge is -2.40. The van der Waals surface area contributed by atoms with Gasteiger partial charge in [0, 0.05) is 24.7 Å². The van der Waals surface area contributed by atoms with Crippen molar-refractivity contribution in [2.45, 2.75) is 38.1 Å². The summed E-state index contributed by atoms with van der Waals surface area (Å²) in [6, 6.07) is 8.52. The number of hydrogen-bond acceptors (Lipinski definition) is 5. The third-order valence-corrected chi connectivity index (χ3v) is 6.44. The van der Waals surface area contributed by atoms with Gasteiger partial charge in [0.2, 0.25) is 5.91 Å². The van der Waals surface area contributed by atoms with Gasteiger partial charge in [0.15, 0.2) is 0 Å². The maximum Gasteiger partial charge on any atom is 0.290 e. The van der Waals surface area contributed by atoms with Gasteiger partial charge in [0.05, 0.1) is 13.5 Å². The molecular weight excluding hydrogens is 376 g/mol. The summed E-state index contributed by atoms with van der Waals surface area (Å²) < 4.78 is 5.33. The molecule has 1 aromatic carbocycles. The van der Waals surface area contributed by atoms with Crippen LogP contribution in [0, 0.1) is 5.92 Å². The van der Waals surface area contributed by atoms with Crippen LogP contribution in [0.15, 0.2) is 24.3 Å². The van der Waals surface area contributed by atoms with Gasteiger partial charge in [-0.1, -0.05) is 18.2 Å². The van der Waals surface area contributed by atoms with E-state index < -0.39 is 0 Å². The molecule has 2 N–H and O–H groups in total. The molecule has 0 bridgehead atoms. The van der Waals surface area contributed by atoms with Crippen molar-refractivity contribution in [1.82, 2.24) is 10.2 Å². The highest BCUT2D eigenvalue weighted by Gasteiger charge is 2.27. The van der Waals surface area contributed by atoms with E-state index in [4.69, 9.17) is 14.6 Å². The van der Waals surface area contributed by atoms with Crippen LogP contribution in [0.4, 0.5) is 0 Å². The van der Waals surface area contributed by atoms with Crippen molar-refractivity contribution >= 4 is 24.1 Å². The second kappa shape index (κ2) is 12.7. The van der Waals surface area contributed by atoms with Crippen molar-refractivity contribution in [3.8, 4) is 5.75 Å². The van der Waals surface area contributed by atoms with Crippen LogP contribution in [-0.4, -0.2) is 66.7 Å². The molecule has 2 aliphatic heterocycles. The highest BCUT2D eigenvalue weighted by atomic mass is 32.2. The monoisotopic (exact) mass is 408 g/mol. The Balaban J connectivity index is 0.000000878. The third kappa shape index (κ3) is 7.36. The Hall–Kier alpha value is -1.73. The second-order valence-electron chi connectivity index (χ2n) is 7.24. The SMILES string of the molecule is COc1ccccc1CC(=O)NCC1CCCN(C2CCSCC2)C1.O=CO. The number of hydrogen-bond donors (Lipinski definition) is 2. The molecule has 28 heavy (non-hydrogen) atoms. The van der Waals surface area contributed by atoms with Gasteiger partial charge in [-0.3, -0.25) is 14.5 Å². The van der Waals surface area contributed by atoms with Gasteiger partial charge in [-0.2, -0.15) is 11.8 Å². The van der Waals surface area contributed by atoms with E-state index in [-0.39, 0.29) is 12.4 Å². The molecule has 156 valence electrons. The summed E-state index contributed by atoms with van der Waals surface area (Å²) >= 11 is 2.09. The first kappa shape index (κ1) is 22.6. The number of methoxy groups -OCH3 is 1. The predicted octanol–water partition coefficient (Wildman–Crippen LogP) is 2.66. The number of nitrogens with zero attached hydrogens (tertiary/aromatic N) is 1. The third-order valence-electron chi connectivity index (χ3n) is 5.39. The molecule has 6 nitrogen and oxygen atoms in total. The number of thioether (sulfide) groups is 1. The Morgan fingerprint density at radius 3 is 2.75 bits per heavy atom. The molecule has 0 spiro atoms. The van der Waals surface area contributed by atoms with E-state index >= 15 is 0 Å². The quantitative estimate of drug-likeness (QED) is 0.705. The van der Waals surface area contributed by atoms with Crippen molar-refractivity contribution in [2.24, 2.45) is 5.92 Å². The van der Waals surface area contributed by atoms with Gasteiger partial charge in [-0.15, -0.1) is 0 Å². The Morgan fingerprint density at radius 2 is 2.04 bits per heavy atom. The summed E-state index contributed by atoms with van der Waals surface area (Å²) in [4.78, 5) is 23.4. The van der Waals surface area contributed by atoms with Crippen molar-refractivity contribution in [2.75, 3.05) is 38.2 Å². The number of likely N-dealkylation sites (tertiary alicyclic amines) is 1. The van der Waals surface area contributed by atoms with Crippen LogP contribution >= 0.6 is 11.8 Å². The number of nitrogens with one attached hydrogen (secondary N) is 1. The Bertz CT molecular complexity index is 608. The minimum absolute atomic E-state index is 0.0932. The summed E-state index contributed by atoms with van der Waals surface area (Å²) in [6.45, 7) is 2.93. The number of carbonyl (C=O) groups is 2. The maximum absolute atomic E-state index is 12.3. The summed E-state index contributed by atoms with van der Waals surface area (Å²) in [5.41, 5.74) is 0.951. The van der Waals surface area contributed by atoms with Crippen molar-refractivity contribution < 1.29 is 19.4 Å². The standard InChI is InChI=1S/C20H30N2O2S.CH2O2/c1-24-19-7-3-2-6-17(19)13-20(23)21-14-16-5-4-10-22(15-16)18-8-11-25-12-9-18;2-1-3/h2-3,6-7,16,18H,4-5,8-15H2,1H3,(H,21,23);1H,(H,2,3). The molecule has 2 heterocycles. The maximum atomic E-state index is 12.3. The van der Waals surface area contributed by atoms with E-state index in [9.17, 15) is 4.79 Å². The van der Waals surface area contributed by atoms with E-state index in [1.54, 1.807) is 7.11 Å². The van der Waals surface area contributed by atoms with Crippen LogP contribution in [0.25, 0.3) is 0 Å².